The quantitative estimate of drug-likeness (QED) is 0.396. The maximum absolute atomic E-state index is 8.36. The summed E-state index contributed by atoms with van der Waals surface area (Å²) in [4.78, 5) is 5.37. The van der Waals surface area contributed by atoms with E-state index in [1.165, 1.54) is 24.7 Å². The van der Waals surface area contributed by atoms with E-state index in [-0.39, 0.29) is 0 Å². The van der Waals surface area contributed by atoms with Crippen molar-refractivity contribution >= 4 is 11.9 Å². The van der Waals surface area contributed by atoms with Crippen LogP contribution < -0.4 is 4.90 Å². The first-order valence-electron chi connectivity index (χ1n) is 4.92. The lowest BCUT2D eigenvalue weighted by molar-refractivity contribution is 0.00456. The first-order chi connectivity index (χ1) is 6.90. The highest BCUT2D eigenvalue weighted by atomic mass is 15.1. The van der Waals surface area contributed by atoms with E-state index >= 15 is 0 Å². The van der Waals surface area contributed by atoms with E-state index in [2.05, 4.69) is 21.8 Å². The van der Waals surface area contributed by atoms with Crippen LogP contribution in [0.15, 0.2) is 24.3 Å². The van der Waals surface area contributed by atoms with Crippen LogP contribution in [0.5, 0.6) is 0 Å². The number of anilines is 1. The van der Waals surface area contributed by atoms with Crippen LogP contribution in [0.3, 0.4) is 0 Å². The van der Waals surface area contributed by atoms with Gasteiger partial charge in [-0.3, -0.25) is 0 Å². The molecule has 1 aromatic rings. The highest BCUT2D eigenvalue weighted by Crippen LogP contribution is 2.19. The summed E-state index contributed by atoms with van der Waals surface area (Å²) in [7, 11) is 0. The van der Waals surface area contributed by atoms with Gasteiger partial charge in [0.15, 0.2) is 0 Å². The van der Waals surface area contributed by atoms with Gasteiger partial charge >= 0.3 is 0 Å². The zero-order chi connectivity index (χ0) is 9.80. The summed E-state index contributed by atoms with van der Waals surface area (Å²) >= 11 is 0. The van der Waals surface area contributed by atoms with Crippen molar-refractivity contribution in [3.8, 4) is 0 Å². The minimum absolute atomic E-state index is 0.926. The maximum atomic E-state index is 8.36. The summed E-state index contributed by atoms with van der Waals surface area (Å²) < 4.78 is 0. The number of hydrogen-bond donors (Lipinski definition) is 0. The molecule has 3 heteroatoms. The number of rotatable bonds is 2. The van der Waals surface area contributed by atoms with Crippen molar-refractivity contribution in [2.75, 3.05) is 18.0 Å². The molecule has 0 bridgehead atoms. The normalized spacial score (nSPS) is 15.3. The molecule has 0 radical (unpaired) electrons. The van der Waals surface area contributed by atoms with E-state index in [0.717, 1.165) is 18.7 Å². The van der Waals surface area contributed by atoms with E-state index < -0.39 is 0 Å². The summed E-state index contributed by atoms with van der Waals surface area (Å²) in [5, 5.41) is 0. The molecule has 0 atom stereocenters. The third-order valence-corrected chi connectivity index (χ3v) is 2.57. The zero-order valence-corrected chi connectivity index (χ0v) is 8.06. The van der Waals surface area contributed by atoms with Gasteiger partial charge < -0.3 is 10.4 Å². The SMILES string of the molecule is [N-]=[N+]=Cc1ccc(N2CCCC2)cc1. The highest BCUT2D eigenvalue weighted by Gasteiger charge is 2.11. The fourth-order valence-corrected chi connectivity index (χ4v) is 1.81. The van der Waals surface area contributed by atoms with Crippen LogP contribution in [-0.2, 0) is 0 Å². The maximum Gasteiger partial charge on any atom is 0.287 e. The highest BCUT2D eigenvalue weighted by molar-refractivity contribution is 5.76. The molecular formula is C11H13N3. The molecule has 2 rings (SSSR count). The van der Waals surface area contributed by atoms with Crippen molar-refractivity contribution in [1.82, 2.24) is 0 Å². The lowest BCUT2D eigenvalue weighted by Crippen LogP contribution is -2.17. The Kier molecular flexibility index (Phi) is 2.61. The van der Waals surface area contributed by atoms with Gasteiger partial charge in [-0.15, -0.1) is 0 Å². The predicted molar refractivity (Wildman–Crippen MR) is 56.7 cm³/mol. The second-order valence-electron chi connectivity index (χ2n) is 3.53. The Bertz CT molecular complexity index is 343. The van der Waals surface area contributed by atoms with E-state index in [0.29, 0.717) is 0 Å². The van der Waals surface area contributed by atoms with Gasteiger partial charge in [0.2, 0.25) is 0 Å². The summed E-state index contributed by atoms with van der Waals surface area (Å²) in [6, 6.07) is 8.07. The van der Waals surface area contributed by atoms with Crippen molar-refractivity contribution in [2.24, 2.45) is 0 Å². The Hall–Kier alpha value is -1.60. The van der Waals surface area contributed by atoms with E-state index in [1.54, 1.807) is 0 Å². The van der Waals surface area contributed by atoms with Gasteiger partial charge in [-0.05, 0) is 37.1 Å². The minimum atomic E-state index is 0.926. The third-order valence-electron chi connectivity index (χ3n) is 2.57. The Morgan fingerprint density at radius 2 is 1.79 bits per heavy atom. The molecule has 1 heterocycles. The van der Waals surface area contributed by atoms with Crippen LogP contribution in [0.4, 0.5) is 5.69 Å². The van der Waals surface area contributed by atoms with Crippen molar-refractivity contribution in [1.29, 1.82) is 0 Å². The average Bonchev–Trinajstić information content (AvgIpc) is 2.72. The predicted octanol–water partition coefficient (Wildman–Crippen LogP) is 1.94. The molecule has 1 fully saturated rings. The van der Waals surface area contributed by atoms with Gasteiger partial charge in [0.25, 0.3) is 6.21 Å². The lowest BCUT2D eigenvalue weighted by atomic mass is 10.2. The second-order valence-corrected chi connectivity index (χ2v) is 3.53. The van der Waals surface area contributed by atoms with Crippen LogP contribution in [0.2, 0.25) is 0 Å². The van der Waals surface area contributed by atoms with Crippen molar-refractivity contribution in [2.45, 2.75) is 12.8 Å². The first kappa shape index (κ1) is 8.97. The standard InChI is InChI=1S/C11H13N3/c12-13-9-10-3-5-11(6-4-10)14-7-1-2-8-14/h3-6,9H,1-2,7-8H2. The van der Waals surface area contributed by atoms with Gasteiger partial charge in [-0.2, -0.15) is 4.79 Å². The van der Waals surface area contributed by atoms with Gasteiger partial charge in [0, 0.05) is 18.8 Å². The monoisotopic (exact) mass is 187 g/mol. The molecule has 0 saturated carbocycles. The van der Waals surface area contributed by atoms with Crippen LogP contribution >= 0.6 is 0 Å². The number of nitrogens with zero attached hydrogens (tertiary/aromatic N) is 3. The Balaban J connectivity index is 2.16. The molecule has 72 valence electrons. The molecule has 1 aliphatic heterocycles. The van der Waals surface area contributed by atoms with Crippen LogP contribution in [0.1, 0.15) is 18.4 Å². The van der Waals surface area contributed by atoms with Gasteiger partial charge in [0.1, 0.15) is 0 Å². The first-order valence-corrected chi connectivity index (χ1v) is 4.92. The van der Waals surface area contributed by atoms with Crippen LogP contribution in [0, 0.1) is 0 Å². The third kappa shape index (κ3) is 1.83. The Labute approximate surface area is 83.6 Å². The summed E-state index contributed by atoms with van der Waals surface area (Å²) in [6.45, 7) is 2.32. The molecule has 0 N–H and O–H groups in total. The zero-order valence-electron chi connectivity index (χ0n) is 8.06. The molecule has 0 spiro atoms. The van der Waals surface area contributed by atoms with Crippen molar-refractivity contribution < 1.29 is 4.79 Å². The van der Waals surface area contributed by atoms with Crippen molar-refractivity contribution in [3.05, 3.63) is 35.4 Å². The van der Waals surface area contributed by atoms with Crippen LogP contribution in [0.25, 0.3) is 5.53 Å². The summed E-state index contributed by atoms with van der Waals surface area (Å²) in [5.74, 6) is 0. The minimum Gasteiger partial charge on any atom is -0.372 e. The molecule has 0 amide bonds. The smallest absolute Gasteiger partial charge is 0.287 e. The number of benzene rings is 1. The fraction of sp³-hybridized carbons (Fsp3) is 0.364. The van der Waals surface area contributed by atoms with Gasteiger partial charge in [-0.1, -0.05) is 0 Å². The molecule has 0 unspecified atom stereocenters. The van der Waals surface area contributed by atoms with E-state index in [1.807, 2.05) is 12.1 Å². The molecule has 14 heavy (non-hydrogen) atoms. The van der Waals surface area contributed by atoms with Gasteiger partial charge in [-0.25, -0.2) is 0 Å². The lowest BCUT2D eigenvalue weighted by Gasteiger charge is -2.16. The second kappa shape index (κ2) is 4.07. The van der Waals surface area contributed by atoms with Crippen LogP contribution in [-0.4, -0.2) is 24.1 Å². The van der Waals surface area contributed by atoms with E-state index in [4.69, 9.17) is 5.53 Å². The molecule has 3 nitrogen and oxygen atoms in total. The topological polar surface area (TPSA) is 39.6 Å². The van der Waals surface area contributed by atoms with Gasteiger partial charge in [0.05, 0.1) is 5.56 Å². The number of hydrogen-bond acceptors (Lipinski definition) is 1. The summed E-state index contributed by atoms with van der Waals surface area (Å²) in [6.07, 6.45) is 4.02. The van der Waals surface area contributed by atoms with E-state index in [9.17, 15) is 0 Å². The Morgan fingerprint density at radius 3 is 2.36 bits per heavy atom. The largest absolute Gasteiger partial charge is 0.372 e. The molecule has 1 saturated heterocycles. The molecular weight excluding hydrogens is 174 g/mol. The fourth-order valence-electron chi connectivity index (χ4n) is 1.81. The molecule has 0 aromatic heterocycles. The summed E-state index contributed by atoms with van der Waals surface area (Å²) in [5.41, 5.74) is 10.5. The van der Waals surface area contributed by atoms with Crippen molar-refractivity contribution in [3.63, 3.8) is 0 Å². The molecule has 1 aromatic carbocycles. The Morgan fingerprint density at radius 1 is 1.14 bits per heavy atom. The molecule has 1 aliphatic rings. The average molecular weight is 187 g/mol. The molecule has 0 aliphatic carbocycles.